The number of benzene rings is 6. The summed E-state index contributed by atoms with van der Waals surface area (Å²) in [6.45, 7) is 4.35. The number of fused-ring (bicyclic) bond motifs is 4. The third kappa shape index (κ3) is 3.85. The molecule has 0 saturated heterocycles. The van der Waals surface area contributed by atoms with E-state index in [1.165, 1.54) is 70.6 Å². The van der Waals surface area contributed by atoms with Crippen molar-refractivity contribution in [2.24, 2.45) is 0 Å². The molecule has 6 aromatic carbocycles. The number of hydrogen-bond donors (Lipinski definition) is 1. The van der Waals surface area contributed by atoms with E-state index in [-0.39, 0.29) is 4.75 Å². The minimum absolute atomic E-state index is 0.232. The Kier molecular flexibility index (Phi) is 5.46. The van der Waals surface area contributed by atoms with Gasteiger partial charge in [-0.05, 0) is 115 Å². The normalized spacial score (nSPS) is 13.3. The number of rotatable bonds is 3. The van der Waals surface area contributed by atoms with Crippen LogP contribution in [0, 0.1) is 0 Å². The lowest BCUT2D eigenvalue weighted by atomic mass is 9.84. The maximum Gasteiger partial charge on any atom is 0.0322 e. The van der Waals surface area contributed by atoms with Gasteiger partial charge >= 0.3 is 0 Å². The van der Waals surface area contributed by atoms with Gasteiger partial charge in [0, 0.05) is 4.75 Å². The Morgan fingerprint density at radius 3 is 1.55 bits per heavy atom. The summed E-state index contributed by atoms with van der Waals surface area (Å²) in [4.78, 5) is 0. The Hall–Kier alpha value is -3.81. The molecule has 0 amide bonds. The zero-order valence-corrected chi connectivity index (χ0v) is 22.7. The van der Waals surface area contributed by atoms with Gasteiger partial charge in [0.2, 0.25) is 0 Å². The molecule has 1 aliphatic rings. The molecule has 1 aliphatic carbocycles. The van der Waals surface area contributed by atoms with Crippen LogP contribution < -0.4 is 10.4 Å². The fourth-order valence-corrected chi connectivity index (χ4v) is 6.24. The van der Waals surface area contributed by atoms with E-state index >= 15 is 0 Å². The Balaban J connectivity index is 1.64. The average molecular weight is 507 g/mol. The monoisotopic (exact) mass is 506 g/mol. The maximum absolute atomic E-state index is 4.96. The third-order valence-corrected chi connectivity index (χ3v) is 8.29. The number of thiol groups is 1. The van der Waals surface area contributed by atoms with Crippen LogP contribution in [0.25, 0.3) is 66.7 Å². The zero-order chi connectivity index (χ0) is 25.9. The van der Waals surface area contributed by atoms with E-state index in [1.54, 1.807) is 0 Å². The van der Waals surface area contributed by atoms with Gasteiger partial charge in [-0.15, -0.1) is 0 Å². The Morgan fingerprint density at radius 1 is 0.526 bits per heavy atom. The summed E-state index contributed by atoms with van der Waals surface area (Å²) in [6.07, 6.45) is 7.05. The van der Waals surface area contributed by atoms with Crippen LogP contribution in [0.15, 0.2) is 103 Å². The van der Waals surface area contributed by atoms with E-state index in [0.717, 1.165) is 12.8 Å². The van der Waals surface area contributed by atoms with Crippen molar-refractivity contribution < 1.29 is 0 Å². The molecule has 0 heterocycles. The van der Waals surface area contributed by atoms with Crippen molar-refractivity contribution in [1.82, 2.24) is 0 Å². The van der Waals surface area contributed by atoms with Crippen molar-refractivity contribution in [3.63, 3.8) is 0 Å². The topological polar surface area (TPSA) is 0 Å². The number of hydrogen-bond acceptors (Lipinski definition) is 1. The van der Waals surface area contributed by atoms with Crippen molar-refractivity contribution in [3.05, 3.63) is 119 Å². The van der Waals surface area contributed by atoms with Crippen molar-refractivity contribution in [3.8, 4) is 22.3 Å². The largest absolute Gasteiger partial charge is 0.168 e. The van der Waals surface area contributed by atoms with Gasteiger partial charge < -0.3 is 0 Å². The molecule has 0 fully saturated rings. The van der Waals surface area contributed by atoms with Crippen molar-refractivity contribution in [2.75, 3.05) is 0 Å². The lowest BCUT2D eigenvalue weighted by molar-refractivity contribution is 0.793. The molecule has 0 bridgehead atoms. The predicted molar refractivity (Wildman–Crippen MR) is 169 cm³/mol. The third-order valence-electron chi connectivity index (χ3n) is 8.03. The van der Waals surface area contributed by atoms with Crippen LogP contribution in [0.3, 0.4) is 0 Å². The first-order chi connectivity index (χ1) is 18.5. The van der Waals surface area contributed by atoms with Crippen LogP contribution >= 0.6 is 12.6 Å². The summed E-state index contributed by atoms with van der Waals surface area (Å²) in [6, 6.07) is 38.1. The molecule has 6 aromatic rings. The summed E-state index contributed by atoms with van der Waals surface area (Å²) in [5, 5.41) is 10.4. The Labute approximate surface area is 229 Å². The van der Waals surface area contributed by atoms with E-state index in [4.69, 9.17) is 12.6 Å². The van der Waals surface area contributed by atoms with E-state index in [0.29, 0.717) is 0 Å². The summed E-state index contributed by atoms with van der Waals surface area (Å²) >= 11 is 4.96. The lowest BCUT2D eigenvalue weighted by Gasteiger charge is -2.22. The molecule has 0 unspecified atom stereocenters. The standard InChI is InChI=1S/C37H30S/c1-37(2,38)30-19-20-33-34(23-30)36(29-18-16-25-10-4-6-12-27(25)22-29)32-14-8-7-13-31(32)35(33)28-17-15-24-9-3-5-11-26(24)21-28/h3-6,9-23,38H,7-8H2,1-2H3. The highest BCUT2D eigenvalue weighted by Gasteiger charge is 2.20. The molecule has 0 aliphatic heterocycles. The van der Waals surface area contributed by atoms with Gasteiger partial charge in [0.1, 0.15) is 0 Å². The van der Waals surface area contributed by atoms with Crippen LogP contribution in [0.5, 0.6) is 0 Å². The summed E-state index contributed by atoms with van der Waals surface area (Å²) < 4.78 is -0.232. The molecule has 0 nitrogen and oxygen atoms in total. The first kappa shape index (κ1) is 23.3. The van der Waals surface area contributed by atoms with Crippen LogP contribution in [0.1, 0.15) is 32.3 Å². The first-order valence-corrected chi connectivity index (χ1v) is 13.9. The minimum Gasteiger partial charge on any atom is -0.168 e. The van der Waals surface area contributed by atoms with Gasteiger partial charge in [-0.3, -0.25) is 0 Å². The van der Waals surface area contributed by atoms with Gasteiger partial charge in [-0.1, -0.05) is 97.1 Å². The molecule has 0 atom stereocenters. The van der Waals surface area contributed by atoms with Gasteiger partial charge in [0.25, 0.3) is 0 Å². The molecule has 38 heavy (non-hydrogen) atoms. The van der Waals surface area contributed by atoms with Crippen LogP contribution in [-0.2, 0) is 4.75 Å². The second kappa shape index (κ2) is 8.89. The van der Waals surface area contributed by atoms with Crippen LogP contribution in [0.4, 0.5) is 0 Å². The minimum atomic E-state index is -0.232. The van der Waals surface area contributed by atoms with Gasteiger partial charge in [-0.2, -0.15) is 12.6 Å². The van der Waals surface area contributed by atoms with E-state index in [9.17, 15) is 0 Å². The first-order valence-electron chi connectivity index (χ1n) is 13.5. The van der Waals surface area contributed by atoms with E-state index in [2.05, 4.69) is 129 Å². The maximum atomic E-state index is 4.96. The lowest BCUT2D eigenvalue weighted by Crippen LogP contribution is -2.31. The summed E-state index contributed by atoms with van der Waals surface area (Å²) in [5.41, 5.74) is 6.46. The quantitative estimate of drug-likeness (QED) is 0.228. The SMILES string of the molecule is CC(C)(S)c1ccc2c(-c3ccc4ccccc4c3)c3c(c(-c4ccc5ccccc5c4)c2c1)=CCCC=3. The van der Waals surface area contributed by atoms with Gasteiger partial charge in [0.15, 0.2) is 0 Å². The second-order valence-corrected chi connectivity index (χ2v) is 12.1. The molecule has 0 spiro atoms. The smallest absolute Gasteiger partial charge is 0.0322 e. The molecule has 0 saturated carbocycles. The fraction of sp³-hybridized carbons (Fsp3) is 0.135. The Bertz CT molecular complexity index is 2000. The molecule has 184 valence electrons. The predicted octanol–water partition coefficient (Wildman–Crippen LogP) is 9.00. The average Bonchev–Trinajstić information content (AvgIpc) is 2.94. The zero-order valence-electron chi connectivity index (χ0n) is 21.8. The van der Waals surface area contributed by atoms with E-state index < -0.39 is 0 Å². The van der Waals surface area contributed by atoms with Crippen LogP contribution in [0.2, 0.25) is 0 Å². The van der Waals surface area contributed by atoms with Crippen molar-refractivity contribution >= 4 is 57.1 Å². The molecular weight excluding hydrogens is 476 g/mol. The molecule has 1 heteroatoms. The van der Waals surface area contributed by atoms with Crippen molar-refractivity contribution in [2.45, 2.75) is 31.4 Å². The molecule has 0 aromatic heterocycles. The van der Waals surface area contributed by atoms with Crippen LogP contribution in [-0.4, -0.2) is 0 Å². The summed E-state index contributed by atoms with van der Waals surface area (Å²) in [5.74, 6) is 0. The van der Waals surface area contributed by atoms with Gasteiger partial charge in [-0.25, -0.2) is 0 Å². The Morgan fingerprint density at radius 2 is 1.03 bits per heavy atom. The molecule has 0 N–H and O–H groups in total. The van der Waals surface area contributed by atoms with Gasteiger partial charge in [0.05, 0.1) is 0 Å². The van der Waals surface area contributed by atoms with Crippen molar-refractivity contribution in [1.29, 1.82) is 0 Å². The molecule has 0 radical (unpaired) electrons. The highest BCUT2D eigenvalue weighted by atomic mass is 32.1. The van der Waals surface area contributed by atoms with E-state index in [1.807, 2.05) is 0 Å². The highest BCUT2D eigenvalue weighted by Crippen LogP contribution is 2.37. The summed E-state index contributed by atoms with van der Waals surface area (Å²) in [7, 11) is 0. The highest BCUT2D eigenvalue weighted by molar-refractivity contribution is 7.81. The fourth-order valence-electron chi connectivity index (χ4n) is 6.10. The molecule has 7 rings (SSSR count). The molecular formula is C37H30S. The second-order valence-electron chi connectivity index (χ2n) is 11.0.